The molecule has 0 aliphatic carbocycles. The van der Waals surface area contributed by atoms with E-state index >= 15 is 0 Å². The maximum Gasteiger partial charge on any atom is 0.423 e. The normalized spacial score (nSPS) is 13.3. The summed E-state index contributed by atoms with van der Waals surface area (Å²) in [5.74, 6) is -1.54. The molecule has 174 valence electrons. The van der Waals surface area contributed by atoms with Crippen LogP contribution in [0, 0.1) is 5.82 Å². The second-order valence-electron chi connectivity index (χ2n) is 7.13. The molecule has 0 heterocycles. The van der Waals surface area contributed by atoms with Crippen molar-refractivity contribution in [3.8, 4) is 22.6 Å². The second kappa shape index (κ2) is 9.29. The SMILES string of the molecule is COc1ccc(C(O)(CNC(=O)c2ccc(O)cc2)C(F)(F)F)cc1-c1ccc(F)c(Cl)c1. The van der Waals surface area contributed by atoms with Crippen LogP contribution in [0.25, 0.3) is 11.1 Å². The van der Waals surface area contributed by atoms with Crippen LogP contribution in [0.15, 0.2) is 60.7 Å². The number of methoxy groups -OCH3 is 1. The topological polar surface area (TPSA) is 78.8 Å². The van der Waals surface area contributed by atoms with Crippen LogP contribution in [0.5, 0.6) is 11.5 Å². The number of nitrogens with one attached hydrogen (secondary N) is 1. The summed E-state index contributed by atoms with van der Waals surface area (Å²) in [4.78, 5) is 12.3. The van der Waals surface area contributed by atoms with Gasteiger partial charge in [0.15, 0.2) is 0 Å². The highest BCUT2D eigenvalue weighted by Gasteiger charge is 2.55. The van der Waals surface area contributed by atoms with Gasteiger partial charge in [0, 0.05) is 11.1 Å². The Hall–Kier alpha value is -3.30. The van der Waals surface area contributed by atoms with Gasteiger partial charge in [-0.25, -0.2) is 4.39 Å². The highest BCUT2D eigenvalue weighted by molar-refractivity contribution is 6.31. The van der Waals surface area contributed by atoms with Crippen LogP contribution >= 0.6 is 11.6 Å². The van der Waals surface area contributed by atoms with E-state index in [2.05, 4.69) is 5.32 Å². The number of aliphatic hydroxyl groups is 1. The van der Waals surface area contributed by atoms with Crippen LogP contribution in [0.1, 0.15) is 15.9 Å². The first kappa shape index (κ1) is 24.3. The summed E-state index contributed by atoms with van der Waals surface area (Å²) in [5, 5.41) is 21.8. The van der Waals surface area contributed by atoms with Crippen molar-refractivity contribution in [2.24, 2.45) is 0 Å². The number of alkyl halides is 3. The highest BCUT2D eigenvalue weighted by atomic mass is 35.5. The number of benzene rings is 3. The minimum Gasteiger partial charge on any atom is -0.508 e. The molecule has 3 aromatic carbocycles. The third kappa shape index (κ3) is 5.04. The Balaban J connectivity index is 2.00. The van der Waals surface area contributed by atoms with Crippen LogP contribution in [-0.4, -0.2) is 36.0 Å². The first-order chi connectivity index (χ1) is 15.5. The van der Waals surface area contributed by atoms with E-state index in [0.29, 0.717) is 0 Å². The van der Waals surface area contributed by atoms with Gasteiger partial charge in [-0.15, -0.1) is 0 Å². The number of rotatable bonds is 6. The largest absolute Gasteiger partial charge is 0.508 e. The summed E-state index contributed by atoms with van der Waals surface area (Å²) >= 11 is 5.81. The molecular formula is C23H18ClF4NO4. The Labute approximate surface area is 191 Å². The Kier molecular flexibility index (Phi) is 6.85. The summed E-state index contributed by atoms with van der Waals surface area (Å²) < 4.78 is 60.7. The lowest BCUT2D eigenvalue weighted by atomic mass is 9.89. The van der Waals surface area contributed by atoms with Gasteiger partial charge in [-0.2, -0.15) is 13.2 Å². The maximum absolute atomic E-state index is 14.0. The van der Waals surface area contributed by atoms with Gasteiger partial charge in [-0.05, 0) is 59.7 Å². The van der Waals surface area contributed by atoms with Gasteiger partial charge >= 0.3 is 6.18 Å². The van der Waals surface area contributed by atoms with E-state index in [1.54, 1.807) is 0 Å². The van der Waals surface area contributed by atoms with Gasteiger partial charge in [-0.1, -0.05) is 23.7 Å². The summed E-state index contributed by atoms with van der Waals surface area (Å²) in [6.07, 6.45) is -5.17. The van der Waals surface area contributed by atoms with Crippen molar-refractivity contribution in [2.45, 2.75) is 11.8 Å². The minimum absolute atomic E-state index is 0.00583. The molecule has 3 N–H and O–H groups in total. The molecule has 1 atom stereocenters. The number of hydrogen-bond acceptors (Lipinski definition) is 4. The lowest BCUT2D eigenvalue weighted by molar-refractivity contribution is -0.263. The van der Waals surface area contributed by atoms with E-state index in [1.807, 2.05) is 0 Å². The van der Waals surface area contributed by atoms with Gasteiger partial charge < -0.3 is 20.3 Å². The molecule has 0 fully saturated rings. The lowest BCUT2D eigenvalue weighted by Gasteiger charge is -2.31. The average Bonchev–Trinajstić information content (AvgIpc) is 2.78. The molecule has 0 aromatic heterocycles. The van der Waals surface area contributed by atoms with E-state index < -0.39 is 35.6 Å². The van der Waals surface area contributed by atoms with Crippen molar-refractivity contribution in [1.29, 1.82) is 0 Å². The fraction of sp³-hybridized carbons (Fsp3) is 0.174. The predicted octanol–water partition coefficient (Wildman–Crippen LogP) is 5.04. The molecule has 33 heavy (non-hydrogen) atoms. The first-order valence-corrected chi connectivity index (χ1v) is 9.84. The molecule has 0 radical (unpaired) electrons. The smallest absolute Gasteiger partial charge is 0.423 e. The monoisotopic (exact) mass is 483 g/mol. The number of amides is 1. The number of ether oxygens (including phenoxy) is 1. The minimum atomic E-state index is -5.17. The molecule has 0 spiro atoms. The van der Waals surface area contributed by atoms with Crippen molar-refractivity contribution in [3.05, 3.63) is 82.6 Å². The lowest BCUT2D eigenvalue weighted by Crippen LogP contribution is -2.51. The van der Waals surface area contributed by atoms with Crippen molar-refractivity contribution in [2.75, 3.05) is 13.7 Å². The zero-order valence-electron chi connectivity index (χ0n) is 17.1. The van der Waals surface area contributed by atoms with E-state index in [0.717, 1.165) is 18.2 Å². The average molecular weight is 484 g/mol. The third-order valence-corrected chi connectivity index (χ3v) is 5.30. The van der Waals surface area contributed by atoms with Crippen molar-refractivity contribution < 1.29 is 37.3 Å². The Morgan fingerprint density at radius 2 is 1.73 bits per heavy atom. The number of phenols is 1. The molecule has 1 amide bonds. The number of carbonyl (C=O) groups excluding carboxylic acids is 1. The Morgan fingerprint density at radius 1 is 1.06 bits per heavy atom. The molecular weight excluding hydrogens is 466 g/mol. The van der Waals surface area contributed by atoms with Gasteiger partial charge in [0.1, 0.15) is 17.3 Å². The summed E-state index contributed by atoms with van der Waals surface area (Å²) in [6.45, 7) is -1.19. The molecule has 3 aromatic rings. The fourth-order valence-electron chi connectivity index (χ4n) is 3.14. The Morgan fingerprint density at radius 3 is 2.30 bits per heavy atom. The van der Waals surface area contributed by atoms with Crippen LogP contribution in [-0.2, 0) is 5.60 Å². The fourth-order valence-corrected chi connectivity index (χ4v) is 3.32. The summed E-state index contributed by atoms with van der Waals surface area (Å²) in [7, 11) is 1.30. The second-order valence-corrected chi connectivity index (χ2v) is 7.54. The van der Waals surface area contributed by atoms with E-state index in [9.17, 15) is 32.6 Å². The van der Waals surface area contributed by atoms with E-state index in [-0.39, 0.29) is 33.2 Å². The number of carbonyl (C=O) groups is 1. The highest BCUT2D eigenvalue weighted by Crippen LogP contribution is 2.42. The standard InChI is InChI=1S/C23H18ClF4NO4/c1-33-20-9-5-15(11-17(20)14-4-8-19(25)18(24)10-14)22(32,23(26,27)28)12-29-21(31)13-2-6-16(30)7-3-13/h2-11,30,32H,12H2,1H3,(H,29,31). The molecule has 0 saturated carbocycles. The van der Waals surface area contributed by atoms with Crippen molar-refractivity contribution in [3.63, 3.8) is 0 Å². The number of hydrogen-bond donors (Lipinski definition) is 3. The maximum atomic E-state index is 14.0. The predicted molar refractivity (Wildman–Crippen MR) is 114 cm³/mol. The molecule has 0 bridgehead atoms. The first-order valence-electron chi connectivity index (χ1n) is 9.46. The molecule has 3 rings (SSSR count). The van der Waals surface area contributed by atoms with Crippen molar-refractivity contribution >= 4 is 17.5 Å². The van der Waals surface area contributed by atoms with Gasteiger partial charge in [0.05, 0.1) is 18.7 Å². The van der Waals surface area contributed by atoms with Crippen molar-refractivity contribution in [1.82, 2.24) is 5.32 Å². The molecule has 1 unspecified atom stereocenters. The van der Waals surface area contributed by atoms with Crippen LogP contribution in [0.2, 0.25) is 5.02 Å². The van der Waals surface area contributed by atoms with Crippen LogP contribution in [0.3, 0.4) is 0 Å². The van der Waals surface area contributed by atoms with Crippen LogP contribution in [0.4, 0.5) is 17.6 Å². The molecule has 0 aliphatic rings. The molecule has 0 aliphatic heterocycles. The van der Waals surface area contributed by atoms with Gasteiger partial charge in [0.25, 0.3) is 5.91 Å². The van der Waals surface area contributed by atoms with Gasteiger partial charge in [0.2, 0.25) is 5.60 Å². The zero-order chi connectivity index (χ0) is 24.4. The quantitative estimate of drug-likeness (QED) is 0.429. The van der Waals surface area contributed by atoms with Crippen LogP contribution < -0.4 is 10.1 Å². The number of aromatic hydroxyl groups is 1. The van der Waals surface area contributed by atoms with E-state index in [1.165, 1.54) is 49.6 Å². The third-order valence-electron chi connectivity index (χ3n) is 5.01. The summed E-state index contributed by atoms with van der Waals surface area (Å²) in [6, 6.07) is 11.7. The number of phenolic OH excluding ortho intramolecular Hbond substituents is 1. The number of halogens is 5. The molecule has 10 heteroatoms. The zero-order valence-corrected chi connectivity index (χ0v) is 17.8. The van der Waals surface area contributed by atoms with E-state index in [4.69, 9.17) is 16.3 Å². The van der Waals surface area contributed by atoms with Gasteiger partial charge in [-0.3, -0.25) is 4.79 Å². The summed E-state index contributed by atoms with van der Waals surface area (Å²) in [5.41, 5.74) is -3.64. The molecule has 5 nitrogen and oxygen atoms in total. The Bertz CT molecular complexity index is 1170. The molecule has 0 saturated heterocycles.